The summed E-state index contributed by atoms with van der Waals surface area (Å²) >= 11 is 0. The van der Waals surface area contributed by atoms with Crippen LogP contribution < -0.4 is 57.3 Å². The molecule has 6 aliphatic heterocycles. The zero-order valence-electron chi connectivity index (χ0n) is 85.2. The van der Waals surface area contributed by atoms with Gasteiger partial charge in [-0.25, -0.2) is 0 Å². The normalized spacial score (nSPS) is 17.8. The van der Waals surface area contributed by atoms with E-state index in [1.807, 2.05) is 164 Å². The Morgan fingerprint density at radius 1 is 0.293 bits per heavy atom. The zero-order valence-corrected chi connectivity index (χ0v) is 85.2. The van der Waals surface area contributed by atoms with Gasteiger partial charge in [-0.3, -0.25) is 28.8 Å². The van der Waals surface area contributed by atoms with E-state index in [2.05, 4.69) is 124 Å². The zero-order chi connectivity index (χ0) is 104. The molecule has 0 amide bonds. The van der Waals surface area contributed by atoms with Crippen LogP contribution in [0.5, 0.6) is 51.7 Å². The van der Waals surface area contributed by atoms with Gasteiger partial charge >= 0.3 is 35.8 Å². The maximum Gasteiger partial charge on any atom is 0.306 e. The van der Waals surface area contributed by atoms with Crippen molar-refractivity contribution < 1.29 is 128 Å². The Morgan fingerprint density at radius 3 is 0.807 bits per heavy atom. The van der Waals surface area contributed by atoms with Gasteiger partial charge in [0.2, 0.25) is 0 Å². The summed E-state index contributed by atoms with van der Waals surface area (Å²) in [6.07, 6.45) is 7.83. The number of nitrogens with zero attached hydrogens (tertiary/aromatic N) is 3. The third kappa shape index (κ3) is 25.3. The average Bonchev–Trinajstić information content (AvgIpc) is 0.738. The van der Waals surface area contributed by atoms with Gasteiger partial charge in [0.05, 0.1) is 133 Å². The van der Waals surface area contributed by atoms with Crippen molar-refractivity contribution in [3.05, 3.63) is 305 Å². The Kier molecular flexibility index (Phi) is 34.7. The summed E-state index contributed by atoms with van der Waals surface area (Å²) in [5, 5.41) is 6.66. The van der Waals surface area contributed by atoms with Crippen molar-refractivity contribution in [2.24, 2.45) is 0 Å². The van der Waals surface area contributed by atoms with Gasteiger partial charge in [-0.2, -0.15) is 0 Å². The Balaban J connectivity index is 0.440. The molecule has 3 fully saturated rings. The number of benzene rings is 12. The number of methoxy groups -OCH3 is 3. The van der Waals surface area contributed by atoms with E-state index >= 15 is 0 Å². The van der Waals surface area contributed by atoms with Crippen molar-refractivity contribution >= 4 is 103 Å². The summed E-state index contributed by atoms with van der Waals surface area (Å²) in [6.45, 7) is 12.5. The number of morpholine rings is 3. The van der Waals surface area contributed by atoms with E-state index in [1.54, 1.807) is 42.1 Å². The molecule has 6 heterocycles. The van der Waals surface area contributed by atoms with E-state index in [0.717, 1.165) is 156 Å². The summed E-state index contributed by atoms with van der Waals surface area (Å²) in [6, 6.07) is 77.8. The number of anilines is 3. The van der Waals surface area contributed by atoms with Crippen LogP contribution in [0.4, 0.5) is 17.1 Å². The Bertz CT molecular complexity index is 6490. The number of carbonyl (C=O) groups excluding carboxylic acids is 6. The van der Waals surface area contributed by atoms with E-state index in [0.29, 0.717) is 74.1 Å². The minimum Gasteiger partial charge on any atom is -0.497 e. The minimum absolute atomic E-state index is 0.0272. The molecule has 0 radical (unpaired) electrons. The fraction of sp³-hybridized carbons (Fsp3) is 0.350. The van der Waals surface area contributed by atoms with Gasteiger partial charge in [-0.05, 0) is 146 Å². The fourth-order valence-electron chi connectivity index (χ4n) is 19.5. The van der Waals surface area contributed by atoms with Gasteiger partial charge in [0.15, 0.2) is 16.8 Å². The third-order valence-corrected chi connectivity index (χ3v) is 27.1. The summed E-state index contributed by atoms with van der Waals surface area (Å²) in [5.74, 6) is 2.05. The van der Waals surface area contributed by atoms with Crippen molar-refractivity contribution in [1.29, 1.82) is 0 Å². The van der Waals surface area contributed by atoms with Crippen molar-refractivity contribution in [3.8, 4) is 51.7 Å². The Hall–Kier alpha value is -15.2. The molecular formula is C120H125N3O27. The van der Waals surface area contributed by atoms with Gasteiger partial charge in [0.25, 0.3) is 0 Å². The molecule has 12 aromatic carbocycles. The molecule has 0 spiro atoms. The Labute approximate surface area is 871 Å². The predicted molar refractivity (Wildman–Crippen MR) is 566 cm³/mol. The molecule has 150 heavy (non-hydrogen) atoms. The number of rotatable bonds is 47. The van der Waals surface area contributed by atoms with Crippen molar-refractivity contribution in [1.82, 2.24) is 0 Å². The summed E-state index contributed by atoms with van der Waals surface area (Å²) in [4.78, 5) is 85.7. The van der Waals surface area contributed by atoms with E-state index in [4.69, 9.17) is 99.5 Å². The average molecular weight is 2040 g/mol. The van der Waals surface area contributed by atoms with Crippen LogP contribution in [-0.2, 0) is 102 Å². The van der Waals surface area contributed by atoms with E-state index < -0.39 is 77.0 Å². The maximum atomic E-state index is 13.3. The first-order valence-electron chi connectivity index (χ1n) is 51.1. The van der Waals surface area contributed by atoms with Crippen molar-refractivity contribution in [2.45, 2.75) is 101 Å². The first-order valence-corrected chi connectivity index (χ1v) is 51.1. The molecule has 782 valence electrons. The smallest absolute Gasteiger partial charge is 0.306 e. The van der Waals surface area contributed by atoms with Crippen LogP contribution in [0.25, 0.3) is 50.5 Å². The highest BCUT2D eigenvalue weighted by Crippen LogP contribution is 2.52. The molecule has 30 nitrogen and oxygen atoms in total. The quantitative estimate of drug-likeness (QED) is 0.0194. The molecule has 3 saturated heterocycles. The number of fused-ring (bicyclic) bond motifs is 9. The van der Waals surface area contributed by atoms with Crippen LogP contribution in [0, 0.1) is 0 Å². The van der Waals surface area contributed by atoms with Crippen LogP contribution in [0.3, 0.4) is 0 Å². The van der Waals surface area contributed by atoms with Gasteiger partial charge in [-0.1, -0.05) is 146 Å². The number of esters is 6. The first kappa shape index (κ1) is 105. The highest BCUT2D eigenvalue weighted by molar-refractivity contribution is 6.05. The Morgan fingerprint density at radius 2 is 0.540 bits per heavy atom. The monoisotopic (exact) mass is 2040 g/mol. The summed E-state index contributed by atoms with van der Waals surface area (Å²) < 4.78 is 125. The SMILES string of the molecule is COc1ccc(C2(c3ccc(OCCOC(=O)CCC(=O)OC(C)COCC(COCC(C)OC(=O)CCC(=O)OCCOc4ccc(C5(c6ccc(OC)cc6)C=Cc6c(cc(N7CCOCC7)c7ccccc67)O5)cc4)OCC(C)OC(=O)CCC(=O)OCCOc4ccc(C5(c6ccc(OC)cc6)C=Cc6c(cc(N7CCOCC7)c7ccccc67)O5)cc4)cc3)C=Cc3c(cc(N4CCOCC4)c4ccccc34)O2)cc1. The molecule has 6 atom stereocenters. The number of hydrogen-bond acceptors (Lipinski definition) is 30. The maximum absolute atomic E-state index is 13.3. The second-order valence-corrected chi connectivity index (χ2v) is 37.3. The first-order chi connectivity index (χ1) is 73.3. The largest absolute Gasteiger partial charge is 0.497 e. The number of ether oxygens (including phenoxy) is 21. The highest BCUT2D eigenvalue weighted by atomic mass is 16.6. The molecule has 6 aliphatic rings. The molecule has 0 saturated carbocycles. The number of carbonyl (C=O) groups is 6. The molecular weight excluding hydrogens is 1920 g/mol. The predicted octanol–water partition coefficient (Wildman–Crippen LogP) is 18.5. The van der Waals surface area contributed by atoms with E-state index in [9.17, 15) is 28.8 Å². The second-order valence-electron chi connectivity index (χ2n) is 37.3. The van der Waals surface area contributed by atoms with Crippen molar-refractivity contribution in [2.75, 3.05) is 188 Å². The van der Waals surface area contributed by atoms with Crippen LogP contribution in [0.15, 0.2) is 255 Å². The third-order valence-electron chi connectivity index (χ3n) is 27.1. The second kappa shape index (κ2) is 49.8. The molecule has 18 rings (SSSR count). The standard InChI is InChI=1S/C120H125N3O27/c1-81(145-115(127)46-43-112(124)141-70-67-138-93-37-25-87(26-38-93)118(84-19-31-90(130-4)32-20-84)52-49-103-97-13-7-10-16-100(97)106(73-109(103)148-118)121-55-61-133-62-56-121)76-136-79-96(144-78-83(3)147-117(129)48-45-114(126)143-72-69-140-95-41-29-89(30-42-95)120(86-23-35-92(132-6)36-24-86)54-51-105-99-15-9-12-18-102(99)108(75-111(105)150-120)123-59-65-135-66-60-123)80-137-77-82(2)146-116(128)47-44-113(125)142-71-68-139-94-39-27-88(28-40-94)119(85-21-33-91(131-5)34-22-85)53-50-104-98-14-8-11-17-101(98)107(74-110(104)149-119)122-57-63-134-64-58-122/h7-42,49-54,73-75,81-83,96H,43-48,55-72,76-80H2,1-6H3. The van der Waals surface area contributed by atoms with Crippen LogP contribution in [0.1, 0.15) is 109 Å². The van der Waals surface area contributed by atoms with E-state index in [-0.39, 0.29) is 111 Å². The molecule has 0 bridgehead atoms. The molecule has 0 N–H and O–H groups in total. The molecule has 6 unspecified atom stereocenters. The highest BCUT2D eigenvalue weighted by Gasteiger charge is 2.43. The van der Waals surface area contributed by atoms with Crippen LogP contribution in [0.2, 0.25) is 0 Å². The lowest BCUT2D eigenvalue weighted by molar-refractivity contribution is -0.161. The van der Waals surface area contributed by atoms with Gasteiger partial charge < -0.3 is 114 Å². The van der Waals surface area contributed by atoms with Gasteiger partial charge in [0.1, 0.15) is 116 Å². The van der Waals surface area contributed by atoms with Crippen molar-refractivity contribution in [3.63, 3.8) is 0 Å². The lowest BCUT2D eigenvalue weighted by Crippen LogP contribution is -2.37. The minimum atomic E-state index is -1.03. The van der Waals surface area contributed by atoms with Crippen LogP contribution >= 0.6 is 0 Å². The number of hydrogen-bond donors (Lipinski definition) is 0. The molecule has 0 aromatic heterocycles. The van der Waals surface area contributed by atoms with Gasteiger partial charge in [-0.15, -0.1) is 0 Å². The lowest BCUT2D eigenvalue weighted by atomic mass is 9.83. The van der Waals surface area contributed by atoms with E-state index in [1.165, 1.54) is 0 Å². The summed E-state index contributed by atoms with van der Waals surface area (Å²) in [5.41, 5.74) is 8.30. The fourth-order valence-corrected chi connectivity index (χ4v) is 19.5. The topological polar surface area (TPSA) is 306 Å². The summed E-state index contributed by atoms with van der Waals surface area (Å²) in [7, 11) is 4.90. The molecule has 30 heteroatoms. The lowest BCUT2D eigenvalue weighted by Gasteiger charge is -2.38. The van der Waals surface area contributed by atoms with Crippen LogP contribution in [-0.4, -0.2) is 233 Å². The van der Waals surface area contributed by atoms with Gasteiger partial charge in [0, 0.05) is 141 Å². The molecule has 12 aromatic rings. The molecule has 0 aliphatic carbocycles.